The van der Waals surface area contributed by atoms with Gasteiger partial charge in [-0.3, -0.25) is 4.79 Å². The van der Waals surface area contributed by atoms with E-state index >= 15 is 0 Å². The molecule has 0 aliphatic carbocycles. The number of anilines is 1. The van der Waals surface area contributed by atoms with Gasteiger partial charge in [-0.05, 0) is 42.0 Å². The first-order valence-corrected chi connectivity index (χ1v) is 11.6. The highest BCUT2D eigenvalue weighted by molar-refractivity contribution is 7.91. The number of rotatable bonds is 7. The molecule has 3 rings (SSSR count). The first kappa shape index (κ1) is 26.1. The maximum absolute atomic E-state index is 14.7. The van der Waals surface area contributed by atoms with Crippen LogP contribution in [0.4, 0.5) is 32.0 Å². The Kier molecular flexibility index (Phi) is 7.44. The van der Waals surface area contributed by atoms with E-state index in [9.17, 15) is 39.6 Å². The molecule has 0 atom stereocenters. The van der Waals surface area contributed by atoms with Gasteiger partial charge in [-0.15, -0.1) is 13.2 Å². The third kappa shape index (κ3) is 6.53. The van der Waals surface area contributed by atoms with Gasteiger partial charge in [0.1, 0.15) is 23.2 Å². The molecule has 0 saturated heterocycles. The minimum atomic E-state index is -5.23. The van der Waals surface area contributed by atoms with Crippen molar-refractivity contribution in [1.82, 2.24) is 0 Å². The first-order valence-electron chi connectivity index (χ1n) is 9.95. The number of carbonyl (C=O) groups excluding carboxylic acids is 1. The van der Waals surface area contributed by atoms with Crippen molar-refractivity contribution in [2.75, 3.05) is 11.1 Å². The van der Waals surface area contributed by atoms with Crippen LogP contribution in [0.2, 0.25) is 0 Å². The molecule has 0 fully saturated rings. The van der Waals surface area contributed by atoms with E-state index in [4.69, 9.17) is 0 Å². The van der Waals surface area contributed by atoms with Crippen LogP contribution in [-0.2, 0) is 21.1 Å². The van der Waals surface area contributed by atoms with E-state index in [1.807, 2.05) is 0 Å². The molecule has 35 heavy (non-hydrogen) atoms. The van der Waals surface area contributed by atoms with Gasteiger partial charge in [-0.2, -0.15) is 0 Å². The molecule has 12 heteroatoms. The van der Waals surface area contributed by atoms with E-state index in [2.05, 4.69) is 10.1 Å². The summed E-state index contributed by atoms with van der Waals surface area (Å²) in [6.07, 6.45) is -5.48. The van der Waals surface area contributed by atoms with Crippen LogP contribution in [0.25, 0.3) is 11.1 Å². The highest BCUT2D eigenvalue weighted by atomic mass is 32.2. The summed E-state index contributed by atoms with van der Waals surface area (Å²) in [6.45, 7) is 1.49. The fourth-order valence-corrected chi connectivity index (χ4v) is 4.07. The third-order valence-corrected chi connectivity index (χ3v) is 6.54. The molecular formula is C23H17F6NO4S. The Morgan fingerprint density at radius 1 is 0.943 bits per heavy atom. The quantitative estimate of drug-likeness (QED) is 0.412. The van der Waals surface area contributed by atoms with Crippen molar-refractivity contribution in [2.24, 2.45) is 0 Å². The zero-order valence-corrected chi connectivity index (χ0v) is 18.7. The Morgan fingerprint density at radius 3 is 2.09 bits per heavy atom. The molecule has 0 heterocycles. The van der Waals surface area contributed by atoms with E-state index in [1.165, 1.54) is 31.2 Å². The molecule has 3 aromatic rings. The number of amides is 1. The van der Waals surface area contributed by atoms with Crippen molar-refractivity contribution in [3.05, 3.63) is 77.6 Å². The molecule has 0 radical (unpaired) electrons. The second-order valence-electron chi connectivity index (χ2n) is 7.28. The summed E-state index contributed by atoms with van der Waals surface area (Å²) in [7, 11) is -3.42. The van der Waals surface area contributed by atoms with Crippen molar-refractivity contribution < 1.29 is 44.3 Å². The lowest BCUT2D eigenvalue weighted by molar-refractivity contribution is -0.274. The summed E-state index contributed by atoms with van der Waals surface area (Å²) in [6, 6.07) is 8.67. The highest BCUT2D eigenvalue weighted by Gasteiger charge is 2.33. The standard InChI is InChI=1S/C23H17F6NO4S/c1-2-35(32,33)16-6-3-13(4-7-16)9-21(31)30-15-11-18(25)22(19(26)12-15)17-8-5-14(24)10-20(17)34-23(27,28)29/h3-8,10-12H,2,9H2,1H3,(H,30,31). The minimum Gasteiger partial charge on any atom is -0.405 e. The number of halogens is 6. The Balaban J connectivity index is 1.82. The van der Waals surface area contributed by atoms with Crippen LogP contribution in [0.1, 0.15) is 12.5 Å². The maximum atomic E-state index is 14.7. The van der Waals surface area contributed by atoms with Crippen molar-refractivity contribution in [1.29, 1.82) is 0 Å². The predicted octanol–water partition coefficient (Wildman–Crippen LogP) is 5.64. The molecule has 186 valence electrons. The number of benzene rings is 3. The number of sulfone groups is 1. The molecule has 1 N–H and O–H groups in total. The number of nitrogens with one attached hydrogen (secondary N) is 1. The molecule has 0 aromatic heterocycles. The van der Waals surface area contributed by atoms with Gasteiger partial charge < -0.3 is 10.1 Å². The molecule has 3 aromatic carbocycles. The van der Waals surface area contributed by atoms with Gasteiger partial charge in [-0.25, -0.2) is 21.6 Å². The summed E-state index contributed by atoms with van der Waals surface area (Å²) < 4.78 is 108. The molecule has 0 aliphatic rings. The number of alkyl halides is 3. The second-order valence-corrected chi connectivity index (χ2v) is 9.55. The van der Waals surface area contributed by atoms with E-state index < -0.39 is 56.4 Å². The van der Waals surface area contributed by atoms with Crippen LogP contribution in [0.5, 0.6) is 5.75 Å². The molecule has 0 saturated carbocycles. The van der Waals surface area contributed by atoms with Crippen LogP contribution in [0, 0.1) is 17.5 Å². The lowest BCUT2D eigenvalue weighted by Gasteiger charge is -2.15. The lowest BCUT2D eigenvalue weighted by Crippen LogP contribution is -2.18. The van der Waals surface area contributed by atoms with Crippen molar-refractivity contribution >= 4 is 21.4 Å². The summed E-state index contributed by atoms with van der Waals surface area (Å²) in [5.74, 6) is -5.69. The smallest absolute Gasteiger partial charge is 0.405 e. The van der Waals surface area contributed by atoms with Crippen LogP contribution < -0.4 is 10.1 Å². The summed E-state index contributed by atoms with van der Waals surface area (Å²) in [5, 5.41) is 2.26. The number of hydrogen-bond donors (Lipinski definition) is 1. The topological polar surface area (TPSA) is 72.5 Å². The second kappa shape index (κ2) is 9.98. The van der Waals surface area contributed by atoms with Crippen molar-refractivity contribution in [3.8, 4) is 16.9 Å². The van der Waals surface area contributed by atoms with Gasteiger partial charge in [0.25, 0.3) is 0 Å². The van der Waals surface area contributed by atoms with E-state index in [0.717, 1.165) is 6.07 Å². The molecule has 1 amide bonds. The van der Waals surface area contributed by atoms with E-state index in [-0.39, 0.29) is 22.8 Å². The molecule has 0 unspecified atom stereocenters. The van der Waals surface area contributed by atoms with Crippen molar-refractivity contribution in [3.63, 3.8) is 0 Å². The molecule has 0 bridgehead atoms. The molecular weight excluding hydrogens is 500 g/mol. The Morgan fingerprint density at radius 2 is 1.54 bits per heavy atom. The Bertz CT molecular complexity index is 1330. The molecule has 5 nitrogen and oxygen atoms in total. The number of hydrogen-bond acceptors (Lipinski definition) is 4. The van der Waals surface area contributed by atoms with E-state index in [1.54, 1.807) is 0 Å². The zero-order chi connectivity index (χ0) is 26.0. The fourth-order valence-electron chi connectivity index (χ4n) is 3.19. The molecule has 0 aliphatic heterocycles. The van der Waals surface area contributed by atoms with Crippen LogP contribution >= 0.6 is 0 Å². The van der Waals surface area contributed by atoms with Gasteiger partial charge in [0.15, 0.2) is 9.84 Å². The third-order valence-electron chi connectivity index (χ3n) is 4.79. The average molecular weight is 517 g/mol. The minimum absolute atomic E-state index is 0.0820. The van der Waals surface area contributed by atoms with Gasteiger partial charge in [-0.1, -0.05) is 19.1 Å². The fraction of sp³-hybridized carbons (Fsp3) is 0.174. The Labute approximate surface area is 196 Å². The maximum Gasteiger partial charge on any atom is 0.573 e. The van der Waals surface area contributed by atoms with Crippen LogP contribution in [-0.4, -0.2) is 26.4 Å². The Hall–Kier alpha value is -3.54. The normalized spacial score (nSPS) is 11.9. The molecule has 0 spiro atoms. The van der Waals surface area contributed by atoms with Gasteiger partial charge in [0, 0.05) is 17.3 Å². The van der Waals surface area contributed by atoms with Gasteiger partial charge in [0.05, 0.1) is 22.6 Å². The SMILES string of the molecule is CCS(=O)(=O)c1ccc(CC(=O)Nc2cc(F)c(-c3ccc(F)cc3OC(F)(F)F)c(F)c2)cc1. The number of carbonyl (C=O) groups is 1. The number of ether oxygens (including phenoxy) is 1. The van der Waals surface area contributed by atoms with E-state index in [0.29, 0.717) is 29.8 Å². The average Bonchev–Trinajstić information content (AvgIpc) is 2.74. The summed E-state index contributed by atoms with van der Waals surface area (Å²) >= 11 is 0. The monoisotopic (exact) mass is 517 g/mol. The predicted molar refractivity (Wildman–Crippen MR) is 115 cm³/mol. The van der Waals surface area contributed by atoms with Crippen LogP contribution in [0.15, 0.2) is 59.5 Å². The highest BCUT2D eigenvalue weighted by Crippen LogP contribution is 2.38. The summed E-state index contributed by atoms with van der Waals surface area (Å²) in [4.78, 5) is 12.4. The largest absolute Gasteiger partial charge is 0.573 e. The van der Waals surface area contributed by atoms with Gasteiger partial charge in [0.2, 0.25) is 5.91 Å². The lowest BCUT2D eigenvalue weighted by atomic mass is 10.0. The first-order chi connectivity index (χ1) is 16.3. The zero-order valence-electron chi connectivity index (χ0n) is 17.9. The van der Waals surface area contributed by atoms with Crippen LogP contribution in [0.3, 0.4) is 0 Å². The summed E-state index contributed by atoms with van der Waals surface area (Å²) in [5.41, 5.74) is -1.48. The van der Waals surface area contributed by atoms with Gasteiger partial charge >= 0.3 is 6.36 Å². The van der Waals surface area contributed by atoms with Crippen molar-refractivity contribution in [2.45, 2.75) is 24.6 Å².